The van der Waals surface area contributed by atoms with Crippen molar-refractivity contribution in [2.45, 2.75) is 37.5 Å². The Kier molecular flexibility index (Phi) is 6.76. The lowest BCUT2D eigenvalue weighted by Gasteiger charge is -2.32. The molecule has 1 aliphatic heterocycles. The zero-order valence-corrected chi connectivity index (χ0v) is 17.9. The molecule has 1 aromatic heterocycles. The minimum absolute atomic E-state index is 0.0277. The zero-order valence-electron chi connectivity index (χ0n) is 17.1. The van der Waals surface area contributed by atoms with Gasteiger partial charge in [-0.2, -0.15) is 4.68 Å². The zero-order chi connectivity index (χ0) is 20.8. The number of benzene rings is 2. The predicted octanol–water partition coefficient (Wildman–Crippen LogP) is 2.84. The molecule has 7 nitrogen and oxygen atoms in total. The van der Waals surface area contributed by atoms with Gasteiger partial charge in [0.05, 0.1) is 11.4 Å². The van der Waals surface area contributed by atoms with Gasteiger partial charge in [-0.25, -0.2) is 0 Å². The van der Waals surface area contributed by atoms with Crippen molar-refractivity contribution in [1.29, 1.82) is 0 Å². The number of nitrogens with one attached hydrogen (secondary N) is 1. The van der Waals surface area contributed by atoms with Crippen LogP contribution < -0.4 is 5.32 Å². The first-order valence-electron chi connectivity index (χ1n) is 10.2. The normalized spacial score (nSPS) is 15.2. The molecule has 4 rings (SSSR count). The Morgan fingerprint density at radius 2 is 1.83 bits per heavy atom. The molecule has 8 heteroatoms. The lowest BCUT2D eigenvalue weighted by atomic mass is 10.0. The first-order valence-corrected chi connectivity index (χ1v) is 11.2. The smallest absolute Gasteiger partial charge is 0.230 e. The molecule has 0 radical (unpaired) electrons. The van der Waals surface area contributed by atoms with Gasteiger partial charge in [0.15, 0.2) is 0 Å². The summed E-state index contributed by atoms with van der Waals surface area (Å²) in [6.07, 6.45) is 1.95. The number of tetrazole rings is 1. The van der Waals surface area contributed by atoms with Gasteiger partial charge < -0.3 is 5.32 Å². The third kappa shape index (κ3) is 5.46. The van der Waals surface area contributed by atoms with E-state index in [1.807, 2.05) is 37.3 Å². The SMILES string of the molecule is Cc1ccc(-n2nnnc2SCC(=O)NC2CCN(Cc3ccccc3)CC2)cc1. The molecule has 2 heterocycles. The van der Waals surface area contributed by atoms with Crippen molar-refractivity contribution >= 4 is 17.7 Å². The van der Waals surface area contributed by atoms with Gasteiger partial charge in [-0.05, 0) is 47.9 Å². The molecule has 1 N–H and O–H groups in total. The van der Waals surface area contributed by atoms with Crippen LogP contribution in [0, 0.1) is 6.92 Å². The Morgan fingerprint density at radius 1 is 1.10 bits per heavy atom. The Labute approximate surface area is 180 Å². The third-order valence-electron chi connectivity index (χ3n) is 5.25. The van der Waals surface area contributed by atoms with E-state index in [9.17, 15) is 4.79 Å². The molecule has 2 aromatic carbocycles. The molecule has 0 spiro atoms. The van der Waals surface area contributed by atoms with Crippen LogP contribution in [0.2, 0.25) is 0 Å². The second-order valence-corrected chi connectivity index (χ2v) is 8.54. The summed E-state index contributed by atoms with van der Waals surface area (Å²) in [4.78, 5) is 14.9. The summed E-state index contributed by atoms with van der Waals surface area (Å²) < 4.78 is 1.67. The van der Waals surface area contributed by atoms with Crippen molar-refractivity contribution in [2.75, 3.05) is 18.8 Å². The van der Waals surface area contributed by atoms with Crippen LogP contribution in [0.3, 0.4) is 0 Å². The van der Waals surface area contributed by atoms with Crippen LogP contribution in [0.1, 0.15) is 24.0 Å². The Hall–Kier alpha value is -2.71. The minimum Gasteiger partial charge on any atom is -0.353 e. The number of hydrogen-bond donors (Lipinski definition) is 1. The van der Waals surface area contributed by atoms with E-state index in [2.05, 4.69) is 50.0 Å². The molecule has 0 saturated carbocycles. The number of hydrogen-bond acceptors (Lipinski definition) is 6. The van der Waals surface area contributed by atoms with Crippen LogP contribution in [0.5, 0.6) is 0 Å². The van der Waals surface area contributed by atoms with E-state index >= 15 is 0 Å². The van der Waals surface area contributed by atoms with Gasteiger partial charge in [-0.1, -0.05) is 59.8 Å². The van der Waals surface area contributed by atoms with Gasteiger partial charge in [0.2, 0.25) is 11.1 Å². The number of piperidine rings is 1. The van der Waals surface area contributed by atoms with E-state index in [4.69, 9.17) is 0 Å². The van der Waals surface area contributed by atoms with Gasteiger partial charge in [-0.15, -0.1) is 5.10 Å². The number of thioether (sulfide) groups is 1. The minimum atomic E-state index is 0.0277. The van der Waals surface area contributed by atoms with Gasteiger partial charge in [0.25, 0.3) is 0 Å². The van der Waals surface area contributed by atoms with Gasteiger partial charge in [-0.3, -0.25) is 9.69 Å². The highest BCUT2D eigenvalue weighted by molar-refractivity contribution is 7.99. The Bertz CT molecular complexity index is 951. The van der Waals surface area contributed by atoms with Crippen LogP contribution in [-0.2, 0) is 11.3 Å². The molecule has 0 bridgehead atoms. The van der Waals surface area contributed by atoms with E-state index in [0.29, 0.717) is 10.9 Å². The number of rotatable bonds is 7. The lowest BCUT2D eigenvalue weighted by Crippen LogP contribution is -2.44. The number of nitrogens with zero attached hydrogens (tertiary/aromatic N) is 5. The topological polar surface area (TPSA) is 75.9 Å². The Morgan fingerprint density at radius 3 is 2.57 bits per heavy atom. The largest absolute Gasteiger partial charge is 0.353 e. The highest BCUT2D eigenvalue weighted by Crippen LogP contribution is 2.19. The summed E-state index contributed by atoms with van der Waals surface area (Å²) >= 11 is 1.36. The van der Waals surface area contributed by atoms with Crippen molar-refractivity contribution in [2.24, 2.45) is 0 Å². The third-order valence-corrected chi connectivity index (χ3v) is 6.17. The molecule has 1 fully saturated rings. The van der Waals surface area contributed by atoms with Gasteiger partial charge in [0.1, 0.15) is 0 Å². The quantitative estimate of drug-likeness (QED) is 0.590. The van der Waals surface area contributed by atoms with E-state index in [-0.39, 0.29) is 11.9 Å². The summed E-state index contributed by atoms with van der Waals surface area (Å²) in [5.41, 5.74) is 3.40. The van der Waals surface area contributed by atoms with Gasteiger partial charge >= 0.3 is 0 Å². The van der Waals surface area contributed by atoms with E-state index < -0.39 is 0 Å². The lowest BCUT2D eigenvalue weighted by molar-refractivity contribution is -0.119. The van der Waals surface area contributed by atoms with Crippen molar-refractivity contribution in [3.05, 3.63) is 65.7 Å². The van der Waals surface area contributed by atoms with Crippen molar-refractivity contribution in [3.8, 4) is 5.69 Å². The van der Waals surface area contributed by atoms with Crippen molar-refractivity contribution < 1.29 is 4.79 Å². The van der Waals surface area contributed by atoms with Crippen LogP contribution in [0.15, 0.2) is 59.8 Å². The fourth-order valence-electron chi connectivity index (χ4n) is 3.59. The molecule has 0 aliphatic carbocycles. The molecule has 0 atom stereocenters. The summed E-state index contributed by atoms with van der Waals surface area (Å²) in [5, 5.41) is 15.7. The summed E-state index contributed by atoms with van der Waals surface area (Å²) in [6.45, 7) is 5.01. The molecule has 1 amide bonds. The van der Waals surface area contributed by atoms with E-state index in [1.165, 1.54) is 22.9 Å². The fraction of sp³-hybridized carbons (Fsp3) is 0.364. The average molecular weight is 423 g/mol. The maximum absolute atomic E-state index is 12.4. The second-order valence-electron chi connectivity index (χ2n) is 7.60. The second kappa shape index (κ2) is 9.86. The number of amides is 1. The van der Waals surface area contributed by atoms with Crippen LogP contribution in [0.25, 0.3) is 5.69 Å². The first kappa shape index (κ1) is 20.6. The molecule has 156 valence electrons. The van der Waals surface area contributed by atoms with E-state index in [1.54, 1.807) is 4.68 Å². The fourth-order valence-corrected chi connectivity index (χ4v) is 4.30. The van der Waals surface area contributed by atoms with Crippen LogP contribution >= 0.6 is 11.8 Å². The molecular formula is C22H26N6OS. The van der Waals surface area contributed by atoms with Crippen molar-refractivity contribution in [3.63, 3.8) is 0 Å². The molecule has 1 saturated heterocycles. The number of aryl methyl sites for hydroxylation is 1. The molecule has 3 aromatic rings. The standard InChI is InChI=1S/C22H26N6OS/c1-17-7-9-20(10-8-17)28-22(24-25-26-28)30-16-21(29)23-19-11-13-27(14-12-19)15-18-5-3-2-4-6-18/h2-10,19H,11-16H2,1H3,(H,23,29). The monoisotopic (exact) mass is 422 g/mol. The first-order chi connectivity index (χ1) is 14.7. The summed E-state index contributed by atoms with van der Waals surface area (Å²) in [6, 6.07) is 18.7. The number of likely N-dealkylation sites (tertiary alicyclic amines) is 1. The van der Waals surface area contributed by atoms with Crippen LogP contribution in [0.4, 0.5) is 0 Å². The van der Waals surface area contributed by atoms with E-state index in [0.717, 1.165) is 38.2 Å². The Balaban J connectivity index is 1.23. The number of carbonyl (C=O) groups excluding carboxylic acids is 1. The predicted molar refractivity (Wildman–Crippen MR) is 117 cm³/mol. The van der Waals surface area contributed by atoms with Crippen molar-refractivity contribution in [1.82, 2.24) is 30.4 Å². The molecular weight excluding hydrogens is 396 g/mol. The molecule has 0 unspecified atom stereocenters. The molecule has 30 heavy (non-hydrogen) atoms. The number of aromatic nitrogens is 4. The van der Waals surface area contributed by atoms with Crippen LogP contribution in [-0.4, -0.2) is 55.9 Å². The summed E-state index contributed by atoms with van der Waals surface area (Å²) in [5.74, 6) is 0.330. The van der Waals surface area contributed by atoms with Gasteiger partial charge in [0, 0.05) is 25.7 Å². The highest BCUT2D eigenvalue weighted by atomic mass is 32.2. The maximum atomic E-state index is 12.4. The number of carbonyl (C=O) groups is 1. The highest BCUT2D eigenvalue weighted by Gasteiger charge is 2.21. The maximum Gasteiger partial charge on any atom is 0.230 e. The molecule has 1 aliphatic rings. The summed E-state index contributed by atoms with van der Waals surface area (Å²) in [7, 11) is 0. The average Bonchev–Trinajstić information content (AvgIpc) is 3.24.